The van der Waals surface area contributed by atoms with Crippen molar-refractivity contribution in [2.45, 2.75) is 12.8 Å². The molecular weight excluding hydrogens is 306 g/mol. The monoisotopic (exact) mass is 327 g/mol. The van der Waals surface area contributed by atoms with Crippen LogP contribution in [-0.2, 0) is 11.2 Å². The molecule has 0 saturated carbocycles. The highest BCUT2D eigenvalue weighted by atomic mass is 16.5. The van der Waals surface area contributed by atoms with Crippen LogP contribution in [0.15, 0.2) is 42.5 Å². The molecule has 3 rings (SSSR count). The topological polar surface area (TPSA) is 56.8 Å². The van der Waals surface area contributed by atoms with E-state index in [0.29, 0.717) is 36.8 Å². The van der Waals surface area contributed by atoms with Gasteiger partial charge in [0.2, 0.25) is 0 Å². The van der Waals surface area contributed by atoms with Crippen LogP contribution in [0.25, 0.3) is 0 Å². The molecule has 2 aromatic rings. The number of amides is 1. The van der Waals surface area contributed by atoms with Crippen molar-refractivity contribution in [3.05, 3.63) is 53.6 Å². The highest BCUT2D eigenvalue weighted by Crippen LogP contribution is 2.28. The van der Waals surface area contributed by atoms with Crippen LogP contribution >= 0.6 is 0 Å². The molecule has 0 aliphatic carbocycles. The predicted octanol–water partition coefficient (Wildman–Crippen LogP) is 3.29. The summed E-state index contributed by atoms with van der Waals surface area (Å²) >= 11 is 0. The summed E-state index contributed by atoms with van der Waals surface area (Å²) < 4.78 is 16.2. The molecule has 1 N–H and O–H groups in total. The predicted molar refractivity (Wildman–Crippen MR) is 92.0 cm³/mol. The van der Waals surface area contributed by atoms with Crippen LogP contribution in [-0.4, -0.2) is 32.8 Å². The molecule has 2 aromatic carbocycles. The van der Waals surface area contributed by atoms with Gasteiger partial charge in [0, 0.05) is 32.1 Å². The number of nitrogens with one attached hydrogen (secondary N) is 1. The maximum absolute atomic E-state index is 12.5. The third-order valence-electron chi connectivity index (χ3n) is 3.84. The fourth-order valence-corrected chi connectivity index (χ4v) is 2.60. The van der Waals surface area contributed by atoms with Crippen molar-refractivity contribution in [2.75, 3.05) is 32.2 Å². The standard InChI is InChI=1S/C19H21NO4/c1-22-10-4-11-23-18-6-3-2-5-16(18)20-19(21)15-7-8-17-14(13-15)9-12-24-17/h2-3,5-8,13H,4,9-12H2,1H3,(H,20,21). The maximum atomic E-state index is 12.5. The van der Waals surface area contributed by atoms with E-state index in [1.165, 1.54) is 0 Å². The van der Waals surface area contributed by atoms with Crippen LogP contribution in [0.4, 0.5) is 5.69 Å². The second-order valence-electron chi connectivity index (χ2n) is 5.57. The van der Waals surface area contributed by atoms with E-state index in [1.54, 1.807) is 13.2 Å². The zero-order valence-electron chi connectivity index (χ0n) is 13.7. The van der Waals surface area contributed by atoms with Gasteiger partial charge in [0.05, 0.1) is 18.9 Å². The van der Waals surface area contributed by atoms with Crippen LogP contribution < -0.4 is 14.8 Å². The Hall–Kier alpha value is -2.53. The van der Waals surface area contributed by atoms with E-state index in [9.17, 15) is 4.79 Å². The van der Waals surface area contributed by atoms with Crippen molar-refractivity contribution >= 4 is 11.6 Å². The molecule has 1 aliphatic rings. The quantitative estimate of drug-likeness (QED) is 0.793. The van der Waals surface area contributed by atoms with E-state index < -0.39 is 0 Å². The van der Waals surface area contributed by atoms with Gasteiger partial charge in [-0.1, -0.05) is 12.1 Å². The van der Waals surface area contributed by atoms with Gasteiger partial charge in [0.15, 0.2) is 0 Å². The molecule has 5 nitrogen and oxygen atoms in total. The molecule has 1 aliphatic heterocycles. The molecule has 0 saturated heterocycles. The Morgan fingerprint density at radius 1 is 1.21 bits per heavy atom. The molecule has 0 spiro atoms. The largest absolute Gasteiger partial charge is 0.493 e. The molecular formula is C19H21NO4. The smallest absolute Gasteiger partial charge is 0.255 e. The third kappa shape index (κ3) is 3.86. The van der Waals surface area contributed by atoms with Gasteiger partial charge in [0.1, 0.15) is 11.5 Å². The number of methoxy groups -OCH3 is 1. The molecule has 126 valence electrons. The summed E-state index contributed by atoms with van der Waals surface area (Å²) in [7, 11) is 1.66. The summed E-state index contributed by atoms with van der Waals surface area (Å²) in [5.41, 5.74) is 2.36. The fourth-order valence-electron chi connectivity index (χ4n) is 2.60. The molecule has 0 fully saturated rings. The number of para-hydroxylation sites is 2. The number of benzene rings is 2. The molecule has 0 bridgehead atoms. The van der Waals surface area contributed by atoms with E-state index in [2.05, 4.69) is 5.32 Å². The van der Waals surface area contributed by atoms with Gasteiger partial charge in [0.25, 0.3) is 5.91 Å². The van der Waals surface area contributed by atoms with Crippen LogP contribution in [0.2, 0.25) is 0 Å². The number of carbonyl (C=O) groups is 1. The number of fused-ring (bicyclic) bond motifs is 1. The minimum absolute atomic E-state index is 0.155. The number of rotatable bonds is 7. The molecule has 0 radical (unpaired) electrons. The molecule has 1 amide bonds. The minimum Gasteiger partial charge on any atom is -0.493 e. The number of ether oxygens (including phenoxy) is 3. The molecule has 1 heterocycles. The SMILES string of the molecule is COCCCOc1ccccc1NC(=O)c1ccc2c(c1)CCO2. The average Bonchev–Trinajstić information content (AvgIpc) is 3.07. The Bertz CT molecular complexity index is 714. The summed E-state index contributed by atoms with van der Waals surface area (Å²) in [5.74, 6) is 1.37. The van der Waals surface area contributed by atoms with Crippen LogP contribution in [0.5, 0.6) is 11.5 Å². The van der Waals surface area contributed by atoms with Gasteiger partial charge in [-0.3, -0.25) is 4.79 Å². The molecule has 0 atom stereocenters. The van der Waals surface area contributed by atoms with Crippen LogP contribution in [0, 0.1) is 0 Å². The van der Waals surface area contributed by atoms with E-state index in [4.69, 9.17) is 14.2 Å². The summed E-state index contributed by atoms with van der Waals surface area (Å²) in [6.07, 6.45) is 1.64. The lowest BCUT2D eigenvalue weighted by Gasteiger charge is -2.12. The highest BCUT2D eigenvalue weighted by molar-refractivity contribution is 6.05. The van der Waals surface area contributed by atoms with E-state index >= 15 is 0 Å². The Kier molecular flexibility index (Phi) is 5.33. The second kappa shape index (κ2) is 7.84. The van der Waals surface area contributed by atoms with Gasteiger partial charge in [-0.05, 0) is 35.9 Å². The van der Waals surface area contributed by atoms with Gasteiger partial charge in [-0.25, -0.2) is 0 Å². The second-order valence-corrected chi connectivity index (χ2v) is 5.57. The normalized spacial score (nSPS) is 12.4. The summed E-state index contributed by atoms with van der Waals surface area (Å²) in [6.45, 7) is 1.86. The zero-order valence-corrected chi connectivity index (χ0v) is 13.7. The van der Waals surface area contributed by atoms with Crippen LogP contribution in [0.1, 0.15) is 22.3 Å². The molecule has 0 aromatic heterocycles. The zero-order chi connectivity index (χ0) is 16.8. The number of hydrogen-bond acceptors (Lipinski definition) is 4. The van der Waals surface area contributed by atoms with Gasteiger partial charge < -0.3 is 19.5 Å². The first-order chi connectivity index (χ1) is 11.8. The Morgan fingerprint density at radius 2 is 2.08 bits per heavy atom. The molecule has 0 unspecified atom stereocenters. The lowest BCUT2D eigenvalue weighted by molar-refractivity contribution is 0.102. The number of carbonyl (C=O) groups excluding carboxylic acids is 1. The minimum atomic E-state index is -0.155. The van der Waals surface area contributed by atoms with E-state index in [1.807, 2.05) is 36.4 Å². The van der Waals surface area contributed by atoms with Gasteiger partial charge >= 0.3 is 0 Å². The number of hydrogen-bond donors (Lipinski definition) is 1. The summed E-state index contributed by atoms with van der Waals surface area (Å²) in [6, 6.07) is 13.0. The molecule has 24 heavy (non-hydrogen) atoms. The molecule has 5 heteroatoms. The first kappa shape index (κ1) is 16.3. The number of anilines is 1. The first-order valence-corrected chi connectivity index (χ1v) is 8.06. The van der Waals surface area contributed by atoms with Crippen molar-refractivity contribution in [1.82, 2.24) is 0 Å². The third-order valence-corrected chi connectivity index (χ3v) is 3.84. The van der Waals surface area contributed by atoms with E-state index in [-0.39, 0.29) is 5.91 Å². The van der Waals surface area contributed by atoms with Crippen molar-refractivity contribution < 1.29 is 19.0 Å². The van der Waals surface area contributed by atoms with Gasteiger partial charge in [-0.15, -0.1) is 0 Å². The summed E-state index contributed by atoms with van der Waals surface area (Å²) in [4.78, 5) is 12.5. The maximum Gasteiger partial charge on any atom is 0.255 e. The van der Waals surface area contributed by atoms with Gasteiger partial charge in [-0.2, -0.15) is 0 Å². The van der Waals surface area contributed by atoms with Crippen molar-refractivity contribution in [3.8, 4) is 11.5 Å². The van der Waals surface area contributed by atoms with Crippen LogP contribution in [0.3, 0.4) is 0 Å². The van der Waals surface area contributed by atoms with E-state index in [0.717, 1.165) is 24.2 Å². The fraction of sp³-hybridized carbons (Fsp3) is 0.316. The lowest BCUT2D eigenvalue weighted by atomic mass is 10.1. The van der Waals surface area contributed by atoms with Crippen molar-refractivity contribution in [2.24, 2.45) is 0 Å². The lowest BCUT2D eigenvalue weighted by Crippen LogP contribution is -2.13. The average molecular weight is 327 g/mol. The first-order valence-electron chi connectivity index (χ1n) is 8.06. The Balaban J connectivity index is 1.68. The van der Waals surface area contributed by atoms with Crippen molar-refractivity contribution in [3.63, 3.8) is 0 Å². The Morgan fingerprint density at radius 3 is 2.96 bits per heavy atom. The van der Waals surface area contributed by atoms with Crippen molar-refractivity contribution in [1.29, 1.82) is 0 Å². The Labute approximate surface area is 141 Å². The summed E-state index contributed by atoms with van der Waals surface area (Å²) in [5, 5.41) is 2.92. The highest BCUT2D eigenvalue weighted by Gasteiger charge is 2.16.